The van der Waals surface area contributed by atoms with Gasteiger partial charge in [0, 0.05) is 40.2 Å². The van der Waals surface area contributed by atoms with Crippen LogP contribution in [0.5, 0.6) is 17.4 Å². The Morgan fingerprint density at radius 1 is 0.952 bits per heavy atom. The molecule has 2 aliphatic rings. The molecule has 0 radical (unpaired) electrons. The summed E-state index contributed by atoms with van der Waals surface area (Å²) in [5.41, 5.74) is 3.38. The van der Waals surface area contributed by atoms with Gasteiger partial charge in [0.25, 0.3) is 11.8 Å². The number of piperidine rings is 1. The van der Waals surface area contributed by atoms with Crippen molar-refractivity contribution in [2.75, 3.05) is 33.0 Å². The summed E-state index contributed by atoms with van der Waals surface area (Å²) >= 11 is 6.13. The van der Waals surface area contributed by atoms with Gasteiger partial charge < -0.3 is 34.5 Å². The summed E-state index contributed by atoms with van der Waals surface area (Å²) in [4.78, 5) is 58.5. The molecule has 4 N–H and O–H groups in total. The van der Waals surface area contributed by atoms with E-state index in [1.54, 1.807) is 48.5 Å². The van der Waals surface area contributed by atoms with E-state index in [1.165, 1.54) is 21.7 Å². The van der Waals surface area contributed by atoms with Crippen molar-refractivity contribution in [2.45, 2.75) is 44.4 Å². The van der Waals surface area contributed by atoms with Gasteiger partial charge in [-0.05, 0) is 79.4 Å². The number of alkyl halides is 3. The Hall–Kier alpha value is -6.92. The van der Waals surface area contributed by atoms with Crippen molar-refractivity contribution in [1.82, 2.24) is 35.3 Å². The van der Waals surface area contributed by atoms with Crippen LogP contribution in [-0.4, -0.2) is 92.4 Å². The van der Waals surface area contributed by atoms with Crippen LogP contribution in [0.2, 0.25) is 5.02 Å². The minimum atomic E-state index is -4.51. The Balaban J connectivity index is 0.788. The lowest BCUT2D eigenvalue weighted by Crippen LogP contribution is -2.52. The zero-order valence-corrected chi connectivity index (χ0v) is 34.1. The van der Waals surface area contributed by atoms with Gasteiger partial charge in [-0.15, -0.1) is 0 Å². The van der Waals surface area contributed by atoms with E-state index in [0.717, 1.165) is 17.7 Å². The molecule has 0 saturated carbocycles. The maximum atomic E-state index is 13.3. The van der Waals surface area contributed by atoms with E-state index in [0.29, 0.717) is 68.3 Å². The third-order valence-electron chi connectivity index (χ3n) is 10.6. The molecule has 4 aromatic carbocycles. The molecule has 4 heterocycles. The number of aryl methyl sites for hydroxylation is 1. The predicted molar refractivity (Wildman–Crippen MR) is 221 cm³/mol. The van der Waals surface area contributed by atoms with Crippen LogP contribution in [0.15, 0.2) is 84.9 Å². The lowest BCUT2D eigenvalue weighted by molar-refractivity contribution is -0.138. The first-order valence-corrected chi connectivity index (χ1v) is 20.3. The number of aromatic amines is 1. The number of carbonyl (C=O) groups excluding carboxylic acids is 4. The lowest BCUT2D eigenvalue weighted by atomic mass is 10.00. The first-order chi connectivity index (χ1) is 30.3. The zero-order valence-electron chi connectivity index (χ0n) is 33.3. The molecule has 1 atom stereocenters. The van der Waals surface area contributed by atoms with Crippen LogP contribution < -0.4 is 20.1 Å². The SMILES string of the molecule is O=C(COc1cccc2c1CN(C1CCC(=O)NC1=O)C2=O)NCCOCCOc1ccc(CCc2c(-c3ccc(C(F)(F)F)cc3)nn(-c3nc4cc(Cl)ccc4[nH]3)c2O)cc1. The van der Waals surface area contributed by atoms with Crippen molar-refractivity contribution >= 4 is 46.3 Å². The van der Waals surface area contributed by atoms with Gasteiger partial charge in [-0.25, -0.2) is 4.98 Å². The molecule has 1 fully saturated rings. The van der Waals surface area contributed by atoms with E-state index in [4.69, 9.17) is 25.8 Å². The highest BCUT2D eigenvalue weighted by molar-refractivity contribution is 6.31. The molecule has 8 rings (SSSR count). The molecule has 63 heavy (non-hydrogen) atoms. The van der Waals surface area contributed by atoms with Crippen molar-refractivity contribution < 1.29 is 51.7 Å². The fraction of sp³-hybridized carbons (Fsp3) is 0.273. The number of nitrogens with zero attached hydrogens (tertiary/aromatic N) is 4. The average Bonchev–Trinajstić information content (AvgIpc) is 3.94. The van der Waals surface area contributed by atoms with Gasteiger partial charge in [0.05, 0.1) is 36.4 Å². The van der Waals surface area contributed by atoms with Crippen molar-refractivity contribution in [1.29, 1.82) is 0 Å². The van der Waals surface area contributed by atoms with Crippen molar-refractivity contribution in [2.24, 2.45) is 0 Å². The average molecular weight is 886 g/mol. The number of benzene rings is 4. The van der Waals surface area contributed by atoms with Gasteiger partial charge in [-0.1, -0.05) is 41.9 Å². The number of carbonyl (C=O) groups is 4. The van der Waals surface area contributed by atoms with Crippen molar-refractivity contribution in [3.8, 4) is 34.6 Å². The quantitative estimate of drug-likeness (QED) is 0.0670. The largest absolute Gasteiger partial charge is 0.493 e. The second kappa shape index (κ2) is 18.2. The zero-order chi connectivity index (χ0) is 44.3. The smallest absolute Gasteiger partial charge is 0.416 e. The number of rotatable bonds is 16. The number of ether oxygens (including phenoxy) is 3. The molecule has 15 nitrogen and oxygen atoms in total. The Morgan fingerprint density at radius 2 is 1.75 bits per heavy atom. The third-order valence-corrected chi connectivity index (χ3v) is 10.9. The molecular formula is C44H39ClF3N7O8. The third kappa shape index (κ3) is 9.61. The van der Waals surface area contributed by atoms with Crippen molar-refractivity contribution in [3.05, 3.63) is 118 Å². The number of H-pyrrole nitrogens is 1. The summed E-state index contributed by atoms with van der Waals surface area (Å²) in [7, 11) is 0. The fourth-order valence-corrected chi connectivity index (χ4v) is 7.59. The van der Waals surface area contributed by atoms with Crippen LogP contribution in [-0.2, 0) is 44.7 Å². The van der Waals surface area contributed by atoms with E-state index < -0.39 is 29.6 Å². The summed E-state index contributed by atoms with van der Waals surface area (Å²) in [5.74, 6) is -0.663. The number of nitrogens with one attached hydrogen (secondary N) is 3. The lowest BCUT2D eigenvalue weighted by Gasteiger charge is -2.29. The van der Waals surface area contributed by atoms with Crippen LogP contribution in [0.25, 0.3) is 28.2 Å². The minimum absolute atomic E-state index is 0.123. The van der Waals surface area contributed by atoms with E-state index in [-0.39, 0.29) is 76.0 Å². The van der Waals surface area contributed by atoms with Crippen LogP contribution in [0.4, 0.5) is 13.2 Å². The molecule has 2 aliphatic heterocycles. The van der Waals surface area contributed by atoms with Crippen LogP contribution in [0.1, 0.15) is 45.5 Å². The van der Waals surface area contributed by atoms with E-state index in [9.17, 15) is 37.5 Å². The summed E-state index contributed by atoms with van der Waals surface area (Å²) < 4.78 is 58.4. The highest BCUT2D eigenvalue weighted by Gasteiger charge is 2.40. The second-order valence-corrected chi connectivity index (χ2v) is 15.2. The Labute approximate surface area is 362 Å². The Kier molecular flexibility index (Phi) is 12.4. The molecule has 326 valence electrons. The highest BCUT2D eigenvalue weighted by atomic mass is 35.5. The van der Waals surface area contributed by atoms with Crippen LogP contribution in [0.3, 0.4) is 0 Å². The Bertz CT molecular complexity index is 2690. The molecule has 4 amide bonds. The van der Waals surface area contributed by atoms with Crippen LogP contribution >= 0.6 is 11.6 Å². The van der Waals surface area contributed by atoms with Gasteiger partial charge in [0.15, 0.2) is 6.61 Å². The van der Waals surface area contributed by atoms with Crippen LogP contribution in [0, 0.1) is 0 Å². The molecule has 0 aliphatic carbocycles. The highest BCUT2D eigenvalue weighted by Crippen LogP contribution is 2.37. The second-order valence-electron chi connectivity index (χ2n) is 14.8. The molecule has 1 saturated heterocycles. The fourth-order valence-electron chi connectivity index (χ4n) is 7.43. The number of imide groups is 1. The molecule has 2 aromatic heterocycles. The molecule has 6 aromatic rings. The predicted octanol–water partition coefficient (Wildman–Crippen LogP) is 5.93. The molecule has 0 spiro atoms. The number of hydrogen-bond donors (Lipinski definition) is 4. The van der Waals surface area contributed by atoms with Gasteiger partial charge >= 0.3 is 6.18 Å². The summed E-state index contributed by atoms with van der Waals surface area (Å²) in [6, 6.07) is 21.2. The number of imidazole rings is 1. The first-order valence-electron chi connectivity index (χ1n) is 19.9. The van der Waals surface area contributed by atoms with Gasteiger partial charge in [0.2, 0.25) is 23.6 Å². The standard InChI is InChI=1S/C44H39ClF3N7O8/c45-28-11-15-33-34(22-28)51-43(50-33)55-42(60)31(39(53-55)26-7-9-27(10-8-26)44(46,47)48)14-6-25-4-12-29(13-5-25)62-21-20-61-19-18-49-38(57)24-63-36-3-1-2-30-32(36)23-54(41(30)59)35-16-17-37(56)52-40(35)58/h1-5,7-13,15,22,35,60H,6,14,16-21,23-24H2,(H,49,57)(H,50,51)(H,52,56,58). The molecule has 19 heteroatoms. The summed E-state index contributed by atoms with van der Waals surface area (Å²) in [6.07, 6.45) is -3.37. The molecular weight excluding hydrogens is 847 g/mol. The maximum absolute atomic E-state index is 13.3. The van der Waals surface area contributed by atoms with E-state index >= 15 is 0 Å². The normalized spacial score (nSPS) is 15.1. The van der Waals surface area contributed by atoms with Gasteiger partial charge in [-0.3, -0.25) is 24.5 Å². The summed E-state index contributed by atoms with van der Waals surface area (Å²) in [6.45, 7) is 0.738. The number of amides is 4. The molecule has 0 bridgehead atoms. The number of fused-ring (bicyclic) bond motifs is 2. The first kappa shape index (κ1) is 42.8. The van der Waals surface area contributed by atoms with E-state index in [1.807, 2.05) is 12.1 Å². The maximum Gasteiger partial charge on any atom is 0.416 e. The number of halogens is 4. The number of aromatic nitrogens is 4. The van der Waals surface area contributed by atoms with Gasteiger partial charge in [-0.2, -0.15) is 23.0 Å². The monoisotopic (exact) mass is 885 g/mol. The topological polar surface area (TPSA) is 190 Å². The summed E-state index contributed by atoms with van der Waals surface area (Å²) in [5, 5.41) is 21.5. The van der Waals surface area contributed by atoms with Crippen molar-refractivity contribution in [3.63, 3.8) is 0 Å². The number of aromatic hydroxyl groups is 1. The van der Waals surface area contributed by atoms with Gasteiger partial charge in [0.1, 0.15) is 29.8 Å². The molecule has 1 unspecified atom stereocenters. The van der Waals surface area contributed by atoms with E-state index in [2.05, 4.69) is 25.7 Å². The minimum Gasteiger partial charge on any atom is -0.493 e. The number of hydrogen-bond acceptors (Lipinski definition) is 10. The Morgan fingerprint density at radius 3 is 2.51 bits per heavy atom.